The molecule has 0 amide bonds. The molecular formula is C15H26O. The molecule has 0 atom stereocenters. The van der Waals surface area contributed by atoms with Crippen molar-refractivity contribution in [1.29, 1.82) is 0 Å². The van der Waals surface area contributed by atoms with Gasteiger partial charge < -0.3 is 4.74 Å². The van der Waals surface area contributed by atoms with Gasteiger partial charge >= 0.3 is 0 Å². The lowest BCUT2D eigenvalue weighted by molar-refractivity contribution is 0.0405. The first-order valence-electron chi connectivity index (χ1n) is 6.98. The van der Waals surface area contributed by atoms with E-state index in [1.54, 1.807) is 0 Å². The Kier molecular flexibility index (Phi) is 4.45. The molecule has 0 heterocycles. The molecule has 0 aliphatic heterocycles. The summed E-state index contributed by atoms with van der Waals surface area (Å²) in [6.45, 7) is 3.93. The molecule has 0 bridgehead atoms. The summed E-state index contributed by atoms with van der Waals surface area (Å²) < 4.78 is 5.45. The summed E-state index contributed by atoms with van der Waals surface area (Å²) >= 11 is 0. The lowest BCUT2D eigenvalue weighted by atomic mass is 9.70. The fourth-order valence-electron chi connectivity index (χ4n) is 3.65. The molecule has 0 spiro atoms. The molecule has 2 aliphatic rings. The molecule has 2 aliphatic carbocycles. The molecule has 0 N–H and O–H groups in total. The van der Waals surface area contributed by atoms with Crippen LogP contribution in [0.3, 0.4) is 0 Å². The highest BCUT2D eigenvalue weighted by Crippen LogP contribution is 2.40. The minimum atomic E-state index is 0.556. The molecule has 0 unspecified atom stereocenters. The van der Waals surface area contributed by atoms with Crippen molar-refractivity contribution >= 4 is 0 Å². The SMILES string of the molecule is C=C[C@H]1CC[C@H](C2CCC(OC)CC2)CC1. The number of hydrogen-bond donors (Lipinski definition) is 0. The number of ether oxygens (including phenoxy) is 1. The summed E-state index contributed by atoms with van der Waals surface area (Å²) in [6.07, 6.45) is 13.8. The Labute approximate surface area is 100 Å². The summed E-state index contributed by atoms with van der Waals surface area (Å²) in [5.41, 5.74) is 0. The lowest BCUT2D eigenvalue weighted by Gasteiger charge is -2.37. The van der Waals surface area contributed by atoms with Gasteiger partial charge in [-0.25, -0.2) is 0 Å². The molecule has 0 aromatic rings. The highest BCUT2D eigenvalue weighted by atomic mass is 16.5. The number of methoxy groups -OCH3 is 1. The summed E-state index contributed by atoms with van der Waals surface area (Å²) in [5, 5.41) is 0. The van der Waals surface area contributed by atoms with Crippen molar-refractivity contribution in [1.82, 2.24) is 0 Å². The fraction of sp³-hybridized carbons (Fsp3) is 0.867. The summed E-state index contributed by atoms with van der Waals surface area (Å²) in [7, 11) is 1.86. The molecule has 0 aromatic carbocycles. The Hall–Kier alpha value is -0.300. The third kappa shape index (κ3) is 2.88. The van der Waals surface area contributed by atoms with Crippen LogP contribution in [0.15, 0.2) is 12.7 Å². The first-order valence-corrected chi connectivity index (χ1v) is 6.98. The summed E-state index contributed by atoms with van der Waals surface area (Å²) in [5.74, 6) is 2.82. The molecule has 0 aromatic heterocycles. The van der Waals surface area contributed by atoms with Crippen molar-refractivity contribution < 1.29 is 4.74 Å². The first-order chi connectivity index (χ1) is 7.83. The van der Waals surface area contributed by atoms with Gasteiger partial charge in [-0.15, -0.1) is 6.58 Å². The molecule has 1 nitrogen and oxygen atoms in total. The maximum Gasteiger partial charge on any atom is 0.0571 e. The largest absolute Gasteiger partial charge is 0.381 e. The Bertz CT molecular complexity index is 207. The highest BCUT2D eigenvalue weighted by Gasteiger charge is 2.29. The van der Waals surface area contributed by atoms with Crippen LogP contribution in [0.4, 0.5) is 0 Å². The Morgan fingerprint density at radius 3 is 1.81 bits per heavy atom. The minimum Gasteiger partial charge on any atom is -0.381 e. The number of hydrogen-bond acceptors (Lipinski definition) is 1. The van der Waals surface area contributed by atoms with Gasteiger partial charge in [0.2, 0.25) is 0 Å². The fourth-order valence-corrected chi connectivity index (χ4v) is 3.65. The van der Waals surface area contributed by atoms with Gasteiger partial charge in [0, 0.05) is 7.11 Å². The molecule has 2 fully saturated rings. The van der Waals surface area contributed by atoms with E-state index in [0.29, 0.717) is 6.10 Å². The van der Waals surface area contributed by atoms with Crippen molar-refractivity contribution in [3.05, 3.63) is 12.7 Å². The van der Waals surface area contributed by atoms with Crippen molar-refractivity contribution in [2.75, 3.05) is 7.11 Å². The van der Waals surface area contributed by atoms with E-state index in [0.717, 1.165) is 17.8 Å². The molecule has 1 heteroatoms. The van der Waals surface area contributed by atoms with E-state index < -0.39 is 0 Å². The second-order valence-corrected chi connectivity index (χ2v) is 5.68. The zero-order chi connectivity index (χ0) is 11.4. The van der Waals surface area contributed by atoms with E-state index in [-0.39, 0.29) is 0 Å². The maximum absolute atomic E-state index is 5.45. The van der Waals surface area contributed by atoms with Gasteiger partial charge in [-0.2, -0.15) is 0 Å². The minimum absolute atomic E-state index is 0.556. The van der Waals surface area contributed by atoms with E-state index in [2.05, 4.69) is 12.7 Å². The lowest BCUT2D eigenvalue weighted by Crippen LogP contribution is -2.27. The second-order valence-electron chi connectivity index (χ2n) is 5.68. The molecular weight excluding hydrogens is 196 g/mol. The van der Waals surface area contributed by atoms with Crippen LogP contribution in [0.1, 0.15) is 51.4 Å². The normalized spacial score (nSPS) is 40.6. The molecule has 2 saturated carbocycles. The van der Waals surface area contributed by atoms with Crippen molar-refractivity contribution in [2.45, 2.75) is 57.5 Å². The third-order valence-electron chi connectivity index (χ3n) is 4.87. The van der Waals surface area contributed by atoms with E-state index >= 15 is 0 Å². The van der Waals surface area contributed by atoms with E-state index in [9.17, 15) is 0 Å². The van der Waals surface area contributed by atoms with Gasteiger partial charge in [-0.3, -0.25) is 0 Å². The van der Waals surface area contributed by atoms with E-state index in [1.165, 1.54) is 51.4 Å². The predicted octanol–water partition coefficient (Wildman–Crippen LogP) is 4.18. The Morgan fingerprint density at radius 1 is 0.875 bits per heavy atom. The Morgan fingerprint density at radius 2 is 1.38 bits per heavy atom. The number of allylic oxidation sites excluding steroid dienone is 1. The van der Waals surface area contributed by atoms with Gasteiger partial charge in [-0.05, 0) is 69.1 Å². The second kappa shape index (κ2) is 5.86. The third-order valence-corrected chi connectivity index (χ3v) is 4.87. The van der Waals surface area contributed by atoms with Crippen LogP contribution < -0.4 is 0 Å². The zero-order valence-electron chi connectivity index (χ0n) is 10.7. The van der Waals surface area contributed by atoms with Gasteiger partial charge in [0.05, 0.1) is 6.10 Å². The smallest absolute Gasteiger partial charge is 0.0571 e. The standard InChI is InChI=1S/C15H26O/c1-3-12-4-6-13(7-5-12)14-8-10-15(16-2)11-9-14/h3,12-15H,1,4-11H2,2H3/t12-,13-,14?,15?. The number of rotatable bonds is 3. The molecule has 0 saturated heterocycles. The zero-order valence-corrected chi connectivity index (χ0v) is 10.7. The Balaban J connectivity index is 1.75. The van der Waals surface area contributed by atoms with Crippen molar-refractivity contribution in [2.24, 2.45) is 17.8 Å². The summed E-state index contributed by atoms with van der Waals surface area (Å²) in [4.78, 5) is 0. The van der Waals surface area contributed by atoms with Gasteiger partial charge in [0.25, 0.3) is 0 Å². The van der Waals surface area contributed by atoms with E-state index in [4.69, 9.17) is 4.74 Å². The average Bonchev–Trinajstić information content (AvgIpc) is 2.39. The maximum atomic E-state index is 5.45. The van der Waals surface area contributed by atoms with Crippen LogP contribution in [0.25, 0.3) is 0 Å². The van der Waals surface area contributed by atoms with Crippen LogP contribution in [0.2, 0.25) is 0 Å². The first kappa shape index (κ1) is 12.2. The molecule has 92 valence electrons. The van der Waals surface area contributed by atoms with Crippen LogP contribution >= 0.6 is 0 Å². The van der Waals surface area contributed by atoms with Gasteiger partial charge in [0.15, 0.2) is 0 Å². The predicted molar refractivity (Wildman–Crippen MR) is 68.4 cm³/mol. The van der Waals surface area contributed by atoms with Crippen molar-refractivity contribution in [3.8, 4) is 0 Å². The monoisotopic (exact) mass is 222 g/mol. The van der Waals surface area contributed by atoms with Crippen molar-refractivity contribution in [3.63, 3.8) is 0 Å². The van der Waals surface area contributed by atoms with Crippen LogP contribution in [-0.2, 0) is 4.74 Å². The topological polar surface area (TPSA) is 9.23 Å². The van der Waals surface area contributed by atoms with Gasteiger partial charge in [0.1, 0.15) is 0 Å². The van der Waals surface area contributed by atoms with Crippen LogP contribution in [-0.4, -0.2) is 13.2 Å². The molecule has 2 rings (SSSR count). The van der Waals surface area contributed by atoms with Crippen LogP contribution in [0, 0.1) is 17.8 Å². The average molecular weight is 222 g/mol. The highest BCUT2D eigenvalue weighted by molar-refractivity contribution is 4.87. The molecule has 16 heavy (non-hydrogen) atoms. The summed E-state index contributed by atoms with van der Waals surface area (Å²) in [6, 6.07) is 0. The van der Waals surface area contributed by atoms with Gasteiger partial charge in [-0.1, -0.05) is 6.08 Å². The van der Waals surface area contributed by atoms with Crippen LogP contribution in [0.5, 0.6) is 0 Å². The molecule has 0 radical (unpaired) electrons. The quantitative estimate of drug-likeness (QED) is 0.651. The van der Waals surface area contributed by atoms with E-state index in [1.807, 2.05) is 7.11 Å².